The van der Waals surface area contributed by atoms with E-state index in [-0.39, 0.29) is 9.79 Å². The predicted molar refractivity (Wildman–Crippen MR) is 133 cm³/mol. The van der Waals surface area contributed by atoms with Crippen molar-refractivity contribution in [2.45, 2.75) is 36.1 Å². The van der Waals surface area contributed by atoms with Crippen LogP contribution in [-0.2, 0) is 24.7 Å². The fourth-order valence-corrected chi connectivity index (χ4v) is 5.62. The zero-order valence-corrected chi connectivity index (χ0v) is 20.9. The first-order chi connectivity index (χ1) is 16.0. The molecule has 0 radical (unpaired) electrons. The first-order valence-electron chi connectivity index (χ1n) is 10.8. The second-order valence-corrected chi connectivity index (χ2v) is 11.9. The molecule has 1 atom stereocenters. The highest BCUT2D eigenvalue weighted by atomic mass is 32.2. The Morgan fingerprint density at radius 2 is 1.53 bits per heavy atom. The van der Waals surface area contributed by atoms with Gasteiger partial charge < -0.3 is 5.32 Å². The molecule has 0 bridgehead atoms. The quantitative estimate of drug-likeness (QED) is 0.481. The molecule has 1 amide bonds. The second-order valence-electron chi connectivity index (χ2n) is 8.03. The normalized spacial score (nSPS) is 12.7. The van der Waals surface area contributed by atoms with Crippen LogP contribution < -0.4 is 9.62 Å². The number of aryl methyl sites for hydroxylation is 1. The van der Waals surface area contributed by atoms with Gasteiger partial charge in [-0.1, -0.05) is 49.4 Å². The summed E-state index contributed by atoms with van der Waals surface area (Å²) in [4.78, 5) is 13.3. The van der Waals surface area contributed by atoms with Gasteiger partial charge in [-0.05, 0) is 60.9 Å². The summed E-state index contributed by atoms with van der Waals surface area (Å²) >= 11 is 0. The number of carbonyl (C=O) groups is 1. The fourth-order valence-electron chi connectivity index (χ4n) is 3.56. The number of hydrogen-bond acceptors (Lipinski definition) is 5. The minimum absolute atomic E-state index is 0.0905. The molecule has 0 spiro atoms. The number of nitrogens with zero attached hydrogens (tertiary/aromatic N) is 1. The molecule has 0 aromatic heterocycles. The number of sulfonamides is 1. The van der Waals surface area contributed by atoms with Crippen molar-refractivity contribution in [2.24, 2.45) is 0 Å². The molecular weight excluding hydrogens is 472 g/mol. The maximum absolute atomic E-state index is 13.4. The molecule has 0 aliphatic carbocycles. The molecule has 0 aliphatic rings. The number of rotatable bonds is 9. The van der Waals surface area contributed by atoms with E-state index in [1.807, 2.05) is 19.9 Å². The van der Waals surface area contributed by atoms with E-state index in [0.717, 1.165) is 21.7 Å². The van der Waals surface area contributed by atoms with E-state index in [1.54, 1.807) is 48.5 Å². The second kappa shape index (κ2) is 10.4. The topological polar surface area (TPSA) is 101 Å². The highest BCUT2D eigenvalue weighted by Crippen LogP contribution is 2.25. The van der Waals surface area contributed by atoms with Crippen molar-refractivity contribution in [1.82, 2.24) is 5.32 Å². The summed E-state index contributed by atoms with van der Waals surface area (Å²) in [7, 11) is -7.32. The molecule has 0 heterocycles. The fraction of sp³-hybridized carbons (Fsp3) is 0.240. The average Bonchev–Trinajstić information content (AvgIpc) is 2.81. The van der Waals surface area contributed by atoms with Crippen molar-refractivity contribution in [1.29, 1.82) is 0 Å². The number of hydrogen-bond donors (Lipinski definition) is 1. The summed E-state index contributed by atoms with van der Waals surface area (Å²) in [6.45, 7) is 3.33. The highest BCUT2D eigenvalue weighted by molar-refractivity contribution is 7.93. The Balaban J connectivity index is 1.88. The van der Waals surface area contributed by atoms with Crippen molar-refractivity contribution in [3.8, 4) is 0 Å². The van der Waals surface area contributed by atoms with Gasteiger partial charge in [0.25, 0.3) is 10.0 Å². The van der Waals surface area contributed by atoms with Crippen LogP contribution in [0.4, 0.5) is 5.69 Å². The lowest BCUT2D eigenvalue weighted by Crippen LogP contribution is -2.42. The zero-order chi connectivity index (χ0) is 24.9. The van der Waals surface area contributed by atoms with Crippen LogP contribution in [0.25, 0.3) is 0 Å². The van der Waals surface area contributed by atoms with Gasteiger partial charge in [-0.3, -0.25) is 9.10 Å². The van der Waals surface area contributed by atoms with Gasteiger partial charge in [-0.25, -0.2) is 16.8 Å². The van der Waals surface area contributed by atoms with E-state index in [2.05, 4.69) is 5.32 Å². The molecule has 3 rings (SSSR count). The third kappa shape index (κ3) is 6.03. The van der Waals surface area contributed by atoms with Crippen LogP contribution in [0.5, 0.6) is 0 Å². The van der Waals surface area contributed by atoms with Crippen molar-refractivity contribution in [3.63, 3.8) is 0 Å². The smallest absolute Gasteiger partial charge is 0.264 e. The van der Waals surface area contributed by atoms with Crippen LogP contribution >= 0.6 is 0 Å². The summed E-state index contributed by atoms with van der Waals surface area (Å²) in [5, 5.41) is 2.89. The lowest BCUT2D eigenvalue weighted by molar-refractivity contribution is -0.120. The summed E-state index contributed by atoms with van der Waals surface area (Å²) in [6.07, 6.45) is 1.67. The van der Waals surface area contributed by atoms with Crippen LogP contribution in [0.1, 0.15) is 30.5 Å². The van der Waals surface area contributed by atoms with E-state index in [9.17, 15) is 21.6 Å². The van der Waals surface area contributed by atoms with E-state index in [0.29, 0.717) is 12.1 Å². The Morgan fingerprint density at radius 3 is 2.09 bits per heavy atom. The largest absolute Gasteiger partial charge is 0.348 e. The van der Waals surface area contributed by atoms with Crippen molar-refractivity contribution in [3.05, 3.63) is 90.0 Å². The number of carbonyl (C=O) groups excluding carboxylic acids is 1. The molecular formula is C25H28N2O5S2. The lowest BCUT2D eigenvalue weighted by atomic mass is 10.0. The summed E-state index contributed by atoms with van der Waals surface area (Å²) in [5.41, 5.74) is 1.99. The van der Waals surface area contributed by atoms with Crippen molar-refractivity contribution >= 4 is 31.5 Å². The number of sulfone groups is 1. The van der Waals surface area contributed by atoms with Gasteiger partial charge in [0, 0.05) is 6.26 Å². The van der Waals surface area contributed by atoms with E-state index in [4.69, 9.17) is 0 Å². The lowest BCUT2D eigenvalue weighted by Gasteiger charge is -2.26. The molecule has 0 saturated carbocycles. The molecule has 180 valence electrons. The Labute approximate surface area is 201 Å². The minimum Gasteiger partial charge on any atom is -0.348 e. The number of anilines is 1. The first-order valence-corrected chi connectivity index (χ1v) is 14.1. The Hall–Kier alpha value is -3.17. The van der Waals surface area contributed by atoms with Crippen LogP contribution in [0.15, 0.2) is 88.7 Å². The predicted octanol–water partition coefficient (Wildman–Crippen LogP) is 3.86. The molecule has 3 aromatic rings. The van der Waals surface area contributed by atoms with Crippen molar-refractivity contribution in [2.75, 3.05) is 17.1 Å². The van der Waals surface area contributed by atoms with Gasteiger partial charge >= 0.3 is 0 Å². The third-order valence-electron chi connectivity index (χ3n) is 5.36. The van der Waals surface area contributed by atoms with E-state index < -0.39 is 38.4 Å². The first kappa shape index (κ1) is 25.5. The Bertz CT molecular complexity index is 1350. The Kier molecular flexibility index (Phi) is 7.78. The van der Waals surface area contributed by atoms with Crippen LogP contribution in [0.2, 0.25) is 0 Å². The molecule has 0 aliphatic heterocycles. The number of benzene rings is 3. The van der Waals surface area contributed by atoms with Crippen molar-refractivity contribution < 1.29 is 21.6 Å². The summed E-state index contributed by atoms with van der Waals surface area (Å²) < 4.78 is 51.4. The molecule has 1 N–H and O–H groups in total. The van der Waals surface area contributed by atoms with Gasteiger partial charge in [0.05, 0.1) is 21.5 Å². The maximum atomic E-state index is 13.4. The summed E-state index contributed by atoms with van der Waals surface area (Å²) in [5.74, 6) is -0.472. The highest BCUT2D eigenvalue weighted by Gasteiger charge is 2.28. The molecule has 34 heavy (non-hydrogen) atoms. The van der Waals surface area contributed by atoms with E-state index >= 15 is 0 Å². The maximum Gasteiger partial charge on any atom is 0.264 e. The molecule has 1 unspecified atom stereocenters. The van der Waals surface area contributed by atoms with Gasteiger partial charge in [-0.2, -0.15) is 0 Å². The molecule has 9 heteroatoms. The molecule has 7 nitrogen and oxygen atoms in total. The van der Waals surface area contributed by atoms with Gasteiger partial charge in [0.15, 0.2) is 9.84 Å². The van der Waals surface area contributed by atoms with Gasteiger partial charge in [0.1, 0.15) is 6.54 Å². The van der Waals surface area contributed by atoms with E-state index in [1.165, 1.54) is 24.3 Å². The van der Waals surface area contributed by atoms with Crippen LogP contribution in [0, 0.1) is 6.92 Å². The molecule has 0 saturated heterocycles. The number of amides is 1. The zero-order valence-electron chi connectivity index (χ0n) is 19.3. The Morgan fingerprint density at radius 1 is 0.882 bits per heavy atom. The SMILES string of the molecule is CCC(NC(=O)CN(c1cccc(C)c1)S(=O)(=O)c1ccccc1)c1ccc(S(C)(=O)=O)cc1. The monoisotopic (exact) mass is 500 g/mol. The number of nitrogens with one attached hydrogen (secondary N) is 1. The van der Waals surface area contributed by atoms with Crippen LogP contribution in [0.3, 0.4) is 0 Å². The van der Waals surface area contributed by atoms with Gasteiger partial charge in [-0.15, -0.1) is 0 Å². The summed E-state index contributed by atoms with van der Waals surface area (Å²) in [6, 6.07) is 20.9. The van der Waals surface area contributed by atoms with Gasteiger partial charge in [0.2, 0.25) is 5.91 Å². The standard InChI is InChI=1S/C25H28N2O5S2/c1-4-24(20-13-15-22(16-14-20)33(3,29)30)26-25(28)18-27(21-10-8-9-19(2)17-21)34(31,32)23-11-6-5-7-12-23/h5-17,24H,4,18H2,1-3H3,(H,26,28). The average molecular weight is 501 g/mol. The minimum atomic E-state index is -3.99. The molecule has 3 aromatic carbocycles. The molecule has 0 fully saturated rings. The third-order valence-corrected chi connectivity index (χ3v) is 8.28. The van der Waals surface area contributed by atoms with Crippen LogP contribution in [-0.4, -0.2) is 35.5 Å².